The second-order valence-electron chi connectivity index (χ2n) is 15.3. The number of halogens is 7. The van der Waals surface area contributed by atoms with Crippen molar-refractivity contribution in [2.45, 2.75) is 68.8 Å². The monoisotopic (exact) mass is 863 g/mol. The quantitative estimate of drug-likeness (QED) is 0.147. The van der Waals surface area contributed by atoms with Gasteiger partial charge < -0.3 is 9.03 Å². The molecule has 4 aromatic rings. The maximum absolute atomic E-state index is 11.4. The number of hydrogen-bond acceptors (Lipinski definition) is 5. The molecule has 7 nitrogen and oxygen atoms in total. The molecule has 0 saturated heterocycles. The molecule has 0 unspecified atom stereocenters. The van der Waals surface area contributed by atoms with E-state index in [2.05, 4.69) is 148 Å². The van der Waals surface area contributed by atoms with Crippen LogP contribution in [0.25, 0.3) is 25.7 Å². The van der Waals surface area contributed by atoms with E-state index in [4.69, 9.17) is 11.6 Å². The van der Waals surface area contributed by atoms with Crippen LogP contribution in [0.4, 0.5) is 37.7 Å². The molecular formula is C42H40ClF6N3O4S2. The predicted octanol–water partition coefficient (Wildman–Crippen LogP) is 11.5. The lowest BCUT2D eigenvalue weighted by Crippen LogP contribution is -2.30. The minimum atomic E-state index is -6.72. The Hall–Kier alpha value is -4.44. The maximum atomic E-state index is 11.4. The molecule has 4 aromatic carbocycles. The normalized spacial score (nSPS) is 19.7. The number of rotatable bonds is 5. The number of nitrogens with zero attached hydrogens (tertiary/aromatic N) is 3. The molecule has 16 heteroatoms. The Labute approximate surface area is 338 Å². The summed E-state index contributed by atoms with van der Waals surface area (Å²) in [6, 6.07) is 26.5. The van der Waals surface area contributed by atoms with Crippen molar-refractivity contribution in [3.05, 3.63) is 134 Å². The molecule has 7 rings (SSSR count). The van der Waals surface area contributed by atoms with Crippen molar-refractivity contribution < 1.29 is 47.8 Å². The number of allylic oxidation sites excluding steroid dienone is 8. The van der Waals surface area contributed by atoms with Gasteiger partial charge >= 0.3 is 11.0 Å². The van der Waals surface area contributed by atoms with Crippen molar-refractivity contribution >= 4 is 70.3 Å². The number of anilines is 1. The van der Waals surface area contributed by atoms with Crippen LogP contribution in [0.15, 0.2) is 119 Å². The van der Waals surface area contributed by atoms with E-state index in [1.165, 1.54) is 66.6 Å². The molecule has 58 heavy (non-hydrogen) atoms. The minimum Gasteiger partial charge on any atom is -0.421 e. The Kier molecular flexibility index (Phi) is 11.1. The molecular weight excluding hydrogens is 824 g/mol. The third-order valence-electron chi connectivity index (χ3n) is 10.9. The summed E-state index contributed by atoms with van der Waals surface area (Å²) in [7, 11) is -9.06. The summed E-state index contributed by atoms with van der Waals surface area (Å²) in [5.41, 5.74) is -2.19. The molecule has 0 saturated carbocycles. The summed E-state index contributed by atoms with van der Waals surface area (Å²) in [5, 5.41) is 6.17. The van der Waals surface area contributed by atoms with E-state index in [1.54, 1.807) is 0 Å². The Morgan fingerprint density at radius 3 is 1.83 bits per heavy atom. The standard InChI is InChI=1S/C40H40ClN2.C2F6NO4S2/c1-39(2)34(42(5)32-22-18-26-12-7-9-16-30(26)36(32)39)24-20-28-14-11-15-29(38(28)41)21-25-35-40(3,4)37-31-17-10-8-13-27(31)19-23-33(37)43(35)6;3-1(4,5)14(10,11)9-15(12,13)2(6,7)8/h7-10,12-13,16-25H,11,14-15H2,1-6H3;/q+1;-1. The van der Waals surface area contributed by atoms with Gasteiger partial charge in [-0.25, -0.2) is 16.8 Å². The molecule has 0 radical (unpaired) electrons. The molecule has 0 N–H and O–H groups in total. The first-order chi connectivity index (χ1) is 26.8. The summed E-state index contributed by atoms with van der Waals surface area (Å²) in [6.07, 6.45) is 12.3. The lowest BCUT2D eigenvalue weighted by molar-refractivity contribution is -0.401. The molecule has 308 valence electrons. The Bertz CT molecular complexity index is 2690. The molecule has 0 bridgehead atoms. The van der Waals surface area contributed by atoms with Gasteiger partial charge in [-0.15, -0.1) is 0 Å². The molecule has 0 atom stereocenters. The Balaban J connectivity index is 0.000000323. The number of hydrogen-bond donors (Lipinski definition) is 0. The van der Waals surface area contributed by atoms with Gasteiger partial charge in [0.15, 0.2) is 25.8 Å². The summed E-state index contributed by atoms with van der Waals surface area (Å²) in [6.45, 7) is 9.38. The lowest BCUT2D eigenvalue weighted by atomic mass is 9.79. The summed E-state index contributed by atoms with van der Waals surface area (Å²) in [4.78, 5) is 2.36. The molecule has 0 spiro atoms. The largest absolute Gasteiger partial charge is 0.480 e. The van der Waals surface area contributed by atoms with Crippen LogP contribution in [0.5, 0.6) is 0 Å². The zero-order chi connectivity index (χ0) is 42.8. The fourth-order valence-electron chi connectivity index (χ4n) is 8.17. The molecule has 3 aliphatic rings. The highest BCUT2D eigenvalue weighted by atomic mass is 35.5. The zero-order valence-corrected chi connectivity index (χ0v) is 34.7. The van der Waals surface area contributed by atoms with Crippen LogP contribution >= 0.6 is 11.6 Å². The summed E-state index contributed by atoms with van der Waals surface area (Å²) in [5.74, 6) is 0. The van der Waals surface area contributed by atoms with Gasteiger partial charge in [-0.1, -0.05) is 92.2 Å². The third kappa shape index (κ3) is 7.62. The van der Waals surface area contributed by atoms with Crippen LogP contribution in [0, 0.1) is 0 Å². The molecule has 0 fully saturated rings. The maximum Gasteiger partial charge on any atom is 0.480 e. The second kappa shape index (κ2) is 15.0. The topological polar surface area (TPSA) is 88.6 Å². The number of likely N-dealkylation sites (N-methyl/N-ethyl adjacent to an activating group) is 1. The van der Waals surface area contributed by atoms with Crippen molar-refractivity contribution in [2.75, 3.05) is 19.0 Å². The van der Waals surface area contributed by atoms with Gasteiger partial charge in [0.1, 0.15) is 7.05 Å². The van der Waals surface area contributed by atoms with E-state index in [0.717, 1.165) is 28.4 Å². The third-order valence-corrected chi connectivity index (χ3v) is 14.1. The van der Waals surface area contributed by atoms with Gasteiger partial charge in [-0.2, -0.15) is 30.9 Å². The molecule has 2 aliphatic heterocycles. The predicted molar refractivity (Wildman–Crippen MR) is 219 cm³/mol. The van der Waals surface area contributed by atoms with Crippen LogP contribution in [0.2, 0.25) is 0 Å². The lowest BCUT2D eigenvalue weighted by Gasteiger charge is -2.25. The van der Waals surface area contributed by atoms with E-state index in [0.29, 0.717) is 0 Å². The molecule has 0 aromatic heterocycles. The van der Waals surface area contributed by atoms with Crippen molar-refractivity contribution in [3.8, 4) is 0 Å². The number of alkyl halides is 6. The number of fused-ring (bicyclic) bond motifs is 6. The van der Waals surface area contributed by atoms with Crippen LogP contribution in [0.1, 0.15) is 58.1 Å². The number of sulfonamides is 2. The highest BCUT2D eigenvalue weighted by molar-refractivity contribution is 8.13. The molecule has 0 amide bonds. The van der Waals surface area contributed by atoms with Crippen LogP contribution in [0.3, 0.4) is 0 Å². The fraction of sp³-hybridized carbons (Fsp3) is 0.310. The van der Waals surface area contributed by atoms with Gasteiger partial charge in [0.2, 0.25) is 5.69 Å². The summed E-state index contributed by atoms with van der Waals surface area (Å²) >= 11 is 7.16. The van der Waals surface area contributed by atoms with Crippen molar-refractivity contribution in [1.82, 2.24) is 0 Å². The van der Waals surface area contributed by atoms with Crippen molar-refractivity contribution in [1.29, 1.82) is 0 Å². The fourth-order valence-corrected chi connectivity index (χ4v) is 10.2. The Morgan fingerprint density at radius 2 is 1.26 bits per heavy atom. The first-order valence-corrected chi connectivity index (χ1v) is 21.3. The SMILES string of the molecule is CN1/C(=C\C=C2\CCCC(/C=C\C3=[N+](C)c4ccc5ccccc5c4C3(C)C)=C2Cl)C(C)(C)c2c1ccc1ccccc21.O=S(=O)([N-]S(=O)(=O)C(F)(F)F)C(F)(F)F. The van der Waals surface area contributed by atoms with Gasteiger partial charge in [0.25, 0.3) is 0 Å². The highest BCUT2D eigenvalue weighted by Crippen LogP contribution is 2.50. The Morgan fingerprint density at radius 1 is 0.724 bits per heavy atom. The molecule has 1 aliphatic carbocycles. The number of benzene rings is 4. The van der Waals surface area contributed by atoms with Gasteiger partial charge in [0, 0.05) is 46.6 Å². The van der Waals surface area contributed by atoms with E-state index in [9.17, 15) is 43.2 Å². The average molecular weight is 864 g/mol. The van der Waals surface area contributed by atoms with E-state index in [-0.39, 0.29) is 10.8 Å². The van der Waals surface area contributed by atoms with Crippen LogP contribution < -0.4 is 4.90 Å². The first-order valence-electron chi connectivity index (χ1n) is 18.1. The van der Waals surface area contributed by atoms with Crippen molar-refractivity contribution in [3.63, 3.8) is 0 Å². The first kappa shape index (κ1) is 43.1. The van der Waals surface area contributed by atoms with Crippen molar-refractivity contribution in [2.24, 2.45) is 0 Å². The second-order valence-corrected chi connectivity index (χ2v) is 19.1. The zero-order valence-electron chi connectivity index (χ0n) is 32.3. The highest BCUT2D eigenvalue weighted by Gasteiger charge is 2.47. The minimum absolute atomic E-state index is 0.107. The van der Waals surface area contributed by atoms with Crippen LogP contribution in [-0.4, -0.2) is 52.2 Å². The van der Waals surface area contributed by atoms with Gasteiger partial charge in [-0.05, 0) is 89.6 Å². The van der Waals surface area contributed by atoms with Gasteiger partial charge in [-0.3, -0.25) is 0 Å². The van der Waals surface area contributed by atoms with E-state index >= 15 is 0 Å². The van der Waals surface area contributed by atoms with Gasteiger partial charge in [0.05, 0.1) is 5.41 Å². The van der Waals surface area contributed by atoms with Crippen LogP contribution in [-0.2, 0) is 30.9 Å². The summed E-state index contributed by atoms with van der Waals surface area (Å²) < 4.78 is 112. The van der Waals surface area contributed by atoms with E-state index < -0.39 is 31.1 Å². The van der Waals surface area contributed by atoms with E-state index in [1.807, 2.05) is 0 Å². The molecule has 2 heterocycles. The smallest absolute Gasteiger partial charge is 0.421 e. The average Bonchev–Trinajstić information content (AvgIpc) is 3.46.